The minimum atomic E-state index is -4.19. The van der Waals surface area contributed by atoms with Gasteiger partial charge in [-0.15, -0.1) is 0 Å². The molecule has 9 heteroatoms. The van der Waals surface area contributed by atoms with Gasteiger partial charge in [-0.3, -0.25) is 14.9 Å². The van der Waals surface area contributed by atoms with Crippen molar-refractivity contribution >= 4 is 27.3 Å². The average molecular weight is 377 g/mol. The molecular weight excluding hydrogens is 358 g/mol. The Labute approximate surface area is 151 Å². The minimum absolute atomic E-state index is 0.452. The first-order valence-corrected chi connectivity index (χ1v) is 9.14. The Morgan fingerprint density at radius 3 is 2.27 bits per heavy atom. The quantitative estimate of drug-likeness (QED) is 0.614. The number of likely N-dealkylation sites (N-methyl/N-ethyl adjacent to an activating group) is 1. The van der Waals surface area contributed by atoms with E-state index in [0.29, 0.717) is 5.69 Å². The summed E-state index contributed by atoms with van der Waals surface area (Å²) in [7, 11) is -2.99. The van der Waals surface area contributed by atoms with Gasteiger partial charge in [0.2, 0.25) is 15.9 Å². The molecule has 0 aromatic heterocycles. The molecule has 0 radical (unpaired) electrons. The number of aryl methyl sites for hydroxylation is 2. The molecule has 2 aromatic carbocycles. The zero-order valence-corrected chi connectivity index (χ0v) is 15.4. The number of nitro groups is 1. The molecule has 8 nitrogen and oxygen atoms in total. The fourth-order valence-electron chi connectivity index (χ4n) is 2.47. The summed E-state index contributed by atoms with van der Waals surface area (Å²) < 4.78 is 26.0. The lowest BCUT2D eigenvalue weighted by Gasteiger charge is -2.18. The van der Waals surface area contributed by atoms with Crippen molar-refractivity contribution in [1.29, 1.82) is 0 Å². The third-order valence-corrected chi connectivity index (χ3v) is 5.71. The van der Waals surface area contributed by atoms with E-state index in [4.69, 9.17) is 0 Å². The number of sulfonamides is 1. The van der Waals surface area contributed by atoms with Crippen LogP contribution in [-0.2, 0) is 14.8 Å². The highest BCUT2D eigenvalue weighted by Gasteiger charge is 2.30. The van der Waals surface area contributed by atoms with Gasteiger partial charge in [0.15, 0.2) is 4.90 Å². The molecule has 1 N–H and O–H groups in total. The van der Waals surface area contributed by atoms with Crippen molar-refractivity contribution in [2.24, 2.45) is 0 Å². The fraction of sp³-hybridized carbons (Fsp3) is 0.235. The number of nitro benzene ring substituents is 1. The molecule has 0 heterocycles. The summed E-state index contributed by atoms with van der Waals surface area (Å²) in [6.45, 7) is 3.19. The van der Waals surface area contributed by atoms with E-state index < -0.39 is 38.0 Å². The molecule has 0 spiro atoms. The van der Waals surface area contributed by atoms with E-state index in [2.05, 4.69) is 5.32 Å². The first kappa shape index (κ1) is 19.5. The van der Waals surface area contributed by atoms with Crippen LogP contribution in [-0.4, -0.2) is 37.1 Å². The first-order chi connectivity index (χ1) is 12.1. The van der Waals surface area contributed by atoms with Crippen LogP contribution in [0, 0.1) is 24.0 Å². The van der Waals surface area contributed by atoms with E-state index in [0.717, 1.165) is 27.6 Å². The van der Waals surface area contributed by atoms with Gasteiger partial charge in [0.1, 0.15) is 0 Å². The molecule has 0 unspecified atom stereocenters. The van der Waals surface area contributed by atoms with Crippen LogP contribution < -0.4 is 5.32 Å². The predicted molar refractivity (Wildman–Crippen MR) is 97.5 cm³/mol. The predicted octanol–water partition coefficient (Wildman–Crippen LogP) is 2.47. The Bertz CT molecular complexity index is 936. The fourth-order valence-corrected chi connectivity index (χ4v) is 3.75. The van der Waals surface area contributed by atoms with E-state index >= 15 is 0 Å². The van der Waals surface area contributed by atoms with Crippen molar-refractivity contribution in [3.05, 3.63) is 63.7 Å². The third-order valence-electron chi connectivity index (χ3n) is 3.86. The number of hydrogen-bond donors (Lipinski definition) is 1. The van der Waals surface area contributed by atoms with Crippen molar-refractivity contribution < 1.29 is 18.1 Å². The topological polar surface area (TPSA) is 110 Å². The van der Waals surface area contributed by atoms with Crippen molar-refractivity contribution in [1.82, 2.24) is 4.31 Å². The van der Waals surface area contributed by atoms with Gasteiger partial charge in [0, 0.05) is 18.8 Å². The zero-order chi connectivity index (χ0) is 19.5. The highest BCUT2D eigenvalue weighted by atomic mass is 32.2. The lowest BCUT2D eigenvalue weighted by atomic mass is 10.1. The summed E-state index contributed by atoms with van der Waals surface area (Å²) in [6, 6.07) is 10.5. The number of carbonyl (C=O) groups is 1. The lowest BCUT2D eigenvalue weighted by molar-refractivity contribution is -0.387. The van der Waals surface area contributed by atoms with Crippen molar-refractivity contribution in [2.45, 2.75) is 18.7 Å². The first-order valence-electron chi connectivity index (χ1n) is 7.70. The van der Waals surface area contributed by atoms with Crippen LogP contribution in [0.25, 0.3) is 0 Å². The van der Waals surface area contributed by atoms with E-state index in [1.807, 2.05) is 32.0 Å². The second-order valence-corrected chi connectivity index (χ2v) is 7.81. The maximum absolute atomic E-state index is 12.6. The van der Waals surface area contributed by atoms with E-state index in [-0.39, 0.29) is 0 Å². The summed E-state index contributed by atoms with van der Waals surface area (Å²) in [5.74, 6) is -0.535. The molecule has 0 aliphatic heterocycles. The number of rotatable bonds is 6. The number of anilines is 1. The molecule has 0 aliphatic carbocycles. The monoisotopic (exact) mass is 377 g/mol. The van der Waals surface area contributed by atoms with E-state index in [9.17, 15) is 23.3 Å². The Morgan fingerprint density at radius 1 is 1.12 bits per heavy atom. The largest absolute Gasteiger partial charge is 0.324 e. The van der Waals surface area contributed by atoms with Crippen LogP contribution in [0.4, 0.5) is 11.4 Å². The second kappa shape index (κ2) is 7.63. The molecule has 0 saturated heterocycles. The van der Waals surface area contributed by atoms with Gasteiger partial charge in [-0.2, -0.15) is 4.31 Å². The second-order valence-electron chi connectivity index (χ2n) is 5.80. The Morgan fingerprint density at radius 2 is 1.69 bits per heavy atom. The number of nitrogens with zero attached hydrogens (tertiary/aromatic N) is 2. The third kappa shape index (κ3) is 4.06. The van der Waals surface area contributed by atoms with E-state index in [1.165, 1.54) is 19.2 Å². The maximum atomic E-state index is 12.6. The molecule has 0 aliphatic rings. The van der Waals surface area contributed by atoms with Gasteiger partial charge in [-0.1, -0.05) is 30.3 Å². The number of para-hydroxylation sites is 2. The van der Waals surface area contributed by atoms with Crippen LogP contribution >= 0.6 is 0 Å². The molecule has 138 valence electrons. The van der Waals surface area contributed by atoms with Crippen molar-refractivity contribution in [2.75, 3.05) is 18.9 Å². The molecule has 1 amide bonds. The Hall–Kier alpha value is -2.78. The molecule has 0 saturated carbocycles. The summed E-state index contributed by atoms with van der Waals surface area (Å²) in [5, 5.41) is 13.8. The van der Waals surface area contributed by atoms with Gasteiger partial charge in [-0.25, -0.2) is 8.42 Å². The van der Waals surface area contributed by atoms with E-state index in [1.54, 1.807) is 0 Å². The van der Waals surface area contributed by atoms with Gasteiger partial charge in [-0.05, 0) is 31.0 Å². The maximum Gasteiger partial charge on any atom is 0.289 e. The normalized spacial score (nSPS) is 11.4. The average Bonchev–Trinajstić information content (AvgIpc) is 2.58. The Kier molecular flexibility index (Phi) is 5.73. The van der Waals surface area contributed by atoms with Gasteiger partial charge >= 0.3 is 0 Å². The summed E-state index contributed by atoms with van der Waals surface area (Å²) in [4.78, 5) is 22.1. The standard InChI is InChI=1S/C17H19N3O5S/c1-12-7-6-8-13(2)17(12)18-16(21)11-19(3)26(24,25)15-10-5-4-9-14(15)20(22)23/h4-10H,11H2,1-3H3,(H,18,21). The lowest BCUT2D eigenvalue weighted by Crippen LogP contribution is -2.35. The number of hydrogen-bond acceptors (Lipinski definition) is 5. The van der Waals surface area contributed by atoms with Crippen LogP contribution in [0.3, 0.4) is 0 Å². The highest BCUT2D eigenvalue weighted by Crippen LogP contribution is 2.25. The molecule has 2 aromatic rings. The van der Waals surface area contributed by atoms with Gasteiger partial charge in [0.25, 0.3) is 5.69 Å². The molecule has 0 atom stereocenters. The van der Waals surface area contributed by atoms with Crippen molar-refractivity contribution in [3.63, 3.8) is 0 Å². The van der Waals surface area contributed by atoms with Crippen LogP contribution in [0.2, 0.25) is 0 Å². The highest BCUT2D eigenvalue weighted by molar-refractivity contribution is 7.89. The summed E-state index contributed by atoms with van der Waals surface area (Å²) in [5.41, 5.74) is 1.79. The zero-order valence-electron chi connectivity index (χ0n) is 14.6. The Balaban J connectivity index is 2.22. The SMILES string of the molecule is Cc1cccc(C)c1NC(=O)CN(C)S(=O)(=O)c1ccccc1[N+](=O)[O-]. The van der Waals surface area contributed by atoms with Gasteiger partial charge in [0.05, 0.1) is 11.5 Å². The number of nitrogens with one attached hydrogen (secondary N) is 1. The summed E-state index contributed by atoms with van der Waals surface area (Å²) >= 11 is 0. The van der Waals surface area contributed by atoms with Crippen LogP contribution in [0.15, 0.2) is 47.4 Å². The number of benzene rings is 2. The van der Waals surface area contributed by atoms with Crippen molar-refractivity contribution in [3.8, 4) is 0 Å². The van der Waals surface area contributed by atoms with Crippen LogP contribution in [0.5, 0.6) is 0 Å². The molecular formula is C17H19N3O5S. The summed E-state index contributed by atoms with van der Waals surface area (Å²) in [6.07, 6.45) is 0. The molecule has 0 bridgehead atoms. The smallest absolute Gasteiger partial charge is 0.289 e. The number of amides is 1. The van der Waals surface area contributed by atoms with Crippen LogP contribution in [0.1, 0.15) is 11.1 Å². The molecule has 0 fully saturated rings. The number of carbonyl (C=O) groups excluding carboxylic acids is 1. The molecule has 2 rings (SSSR count). The molecule has 26 heavy (non-hydrogen) atoms. The van der Waals surface area contributed by atoms with Gasteiger partial charge < -0.3 is 5.32 Å². The minimum Gasteiger partial charge on any atom is -0.324 e.